The van der Waals surface area contributed by atoms with Gasteiger partial charge in [-0.05, 0) is 30.2 Å². The van der Waals surface area contributed by atoms with Gasteiger partial charge < -0.3 is 9.64 Å². The summed E-state index contributed by atoms with van der Waals surface area (Å²) in [5.41, 5.74) is 0.358. The van der Waals surface area contributed by atoms with Crippen LogP contribution in [-0.4, -0.2) is 40.2 Å². The van der Waals surface area contributed by atoms with Crippen LogP contribution in [0.15, 0.2) is 49.3 Å². The molecule has 1 fully saturated rings. The number of carbonyl (C=O) groups excluding carboxylic acids is 1. The van der Waals surface area contributed by atoms with E-state index in [1.54, 1.807) is 17.2 Å². The summed E-state index contributed by atoms with van der Waals surface area (Å²) in [6.07, 6.45) is 0.438. The second kappa shape index (κ2) is 9.71. The van der Waals surface area contributed by atoms with Crippen LogP contribution < -0.4 is 0 Å². The molecule has 9 heteroatoms. The minimum absolute atomic E-state index is 0.102. The first kappa shape index (κ1) is 21.2. The van der Waals surface area contributed by atoms with Crippen LogP contribution in [0, 0.1) is 11.3 Å². The van der Waals surface area contributed by atoms with Crippen molar-refractivity contribution in [2.75, 3.05) is 13.1 Å². The number of H-pyrrole nitrogens is 1. The molecule has 3 rings (SSSR count). The molecule has 0 aliphatic carbocycles. The Morgan fingerprint density at radius 2 is 2.29 bits per heavy atom. The third-order valence-corrected chi connectivity index (χ3v) is 4.00. The van der Waals surface area contributed by atoms with E-state index in [2.05, 4.69) is 16.8 Å². The number of hydrogen-bond acceptors (Lipinski definition) is 4. The normalized spacial score (nSPS) is 16.1. The first-order valence-corrected chi connectivity index (χ1v) is 8.41. The lowest BCUT2D eigenvalue weighted by Crippen LogP contribution is -2.28. The number of amides is 1. The Hall–Kier alpha value is -3.12. The third kappa shape index (κ3) is 6.25. The highest BCUT2D eigenvalue weighted by Gasteiger charge is 2.30. The molecule has 1 atom stereocenters. The molecule has 1 aromatic carbocycles. The van der Waals surface area contributed by atoms with Gasteiger partial charge in [0.05, 0.1) is 30.0 Å². The van der Waals surface area contributed by atoms with Crippen molar-refractivity contribution in [1.82, 2.24) is 15.1 Å². The van der Waals surface area contributed by atoms with Crippen molar-refractivity contribution in [2.24, 2.45) is 0 Å². The van der Waals surface area contributed by atoms with Crippen LogP contribution in [0.2, 0.25) is 0 Å². The average Bonchev–Trinajstić information content (AvgIpc) is 3.37. The van der Waals surface area contributed by atoms with Crippen LogP contribution >= 0.6 is 0 Å². The number of halogens is 3. The molecule has 0 radical (unpaired) electrons. The van der Waals surface area contributed by atoms with Gasteiger partial charge >= 0.3 is 6.18 Å². The fourth-order valence-corrected chi connectivity index (χ4v) is 2.56. The lowest BCUT2D eigenvalue weighted by Gasteiger charge is -2.15. The topological polar surface area (TPSA) is 82.0 Å². The Balaban J connectivity index is 0.000000336. The highest BCUT2D eigenvalue weighted by Crippen LogP contribution is 2.29. The maximum atomic E-state index is 12.6. The summed E-state index contributed by atoms with van der Waals surface area (Å²) < 4.78 is 43.4. The minimum atomic E-state index is -4.35. The molecule has 0 bridgehead atoms. The zero-order valence-electron chi connectivity index (χ0n) is 14.9. The van der Waals surface area contributed by atoms with Gasteiger partial charge in [0.25, 0.3) is 0 Å². The van der Waals surface area contributed by atoms with E-state index >= 15 is 0 Å². The molecule has 6 nitrogen and oxygen atoms in total. The van der Waals surface area contributed by atoms with Gasteiger partial charge in [0.1, 0.15) is 6.07 Å². The van der Waals surface area contributed by atoms with Crippen molar-refractivity contribution in [2.45, 2.75) is 25.3 Å². The zero-order valence-corrected chi connectivity index (χ0v) is 14.9. The summed E-state index contributed by atoms with van der Waals surface area (Å²) >= 11 is 0. The molecule has 1 aliphatic rings. The van der Waals surface area contributed by atoms with Crippen molar-refractivity contribution in [3.63, 3.8) is 0 Å². The maximum Gasteiger partial charge on any atom is 0.416 e. The fraction of sp³-hybridized carbons (Fsp3) is 0.316. The highest BCUT2D eigenvalue weighted by molar-refractivity contribution is 5.87. The number of likely N-dealkylation sites (tertiary alicyclic amines) is 1. The molecular formula is C19H19F3N4O2. The van der Waals surface area contributed by atoms with E-state index in [4.69, 9.17) is 10.00 Å². The maximum absolute atomic E-state index is 12.6. The predicted molar refractivity (Wildman–Crippen MR) is 94.7 cm³/mol. The van der Waals surface area contributed by atoms with Crippen LogP contribution in [-0.2, 0) is 22.3 Å². The zero-order chi connectivity index (χ0) is 20.6. The number of aromatic nitrogens is 2. The van der Waals surface area contributed by atoms with Crippen LogP contribution in [0.3, 0.4) is 0 Å². The van der Waals surface area contributed by atoms with Crippen molar-refractivity contribution in [3.8, 4) is 6.07 Å². The number of carbonyl (C=O) groups is 1. The number of nitrogens with one attached hydrogen (secondary N) is 1. The van der Waals surface area contributed by atoms with Gasteiger partial charge in [0.15, 0.2) is 0 Å². The van der Waals surface area contributed by atoms with E-state index in [-0.39, 0.29) is 18.6 Å². The monoisotopic (exact) mass is 392 g/mol. The number of alkyl halides is 3. The summed E-state index contributed by atoms with van der Waals surface area (Å²) in [5, 5.41) is 14.2. The van der Waals surface area contributed by atoms with Crippen LogP contribution in [0.4, 0.5) is 13.2 Å². The molecule has 1 aromatic heterocycles. The Bertz CT molecular complexity index is 828. The standard InChI is InChI=1S/C15H16F3NO2.C4H3N3/c1-2-14(20)19-7-6-13(9-19)21-10-11-4-3-5-12(8-11)15(16,17)18;5-1-4-2-6-7-3-4/h2-5,8,13H,1,6-7,9-10H2;2-3H,(H,6,7). The molecule has 1 amide bonds. The predicted octanol–water partition coefficient (Wildman–Crippen LogP) is 3.29. The van der Waals surface area contributed by atoms with E-state index in [1.807, 2.05) is 6.07 Å². The minimum Gasteiger partial charge on any atom is -0.372 e. The lowest BCUT2D eigenvalue weighted by atomic mass is 10.1. The number of ether oxygens (including phenoxy) is 1. The molecule has 1 saturated heterocycles. The molecule has 1 unspecified atom stereocenters. The van der Waals surface area contributed by atoms with Crippen LogP contribution in [0.5, 0.6) is 0 Å². The van der Waals surface area contributed by atoms with E-state index in [1.165, 1.54) is 18.3 Å². The SMILES string of the molecule is C=CC(=O)N1CCC(OCc2cccc(C(F)(F)F)c2)C1.N#Cc1cn[nH]c1. The van der Waals surface area contributed by atoms with Crippen molar-refractivity contribution in [3.05, 3.63) is 66.0 Å². The number of nitrogens with zero attached hydrogens (tertiary/aromatic N) is 3. The number of nitriles is 1. The molecule has 28 heavy (non-hydrogen) atoms. The summed E-state index contributed by atoms with van der Waals surface area (Å²) in [6, 6.07) is 6.99. The first-order valence-electron chi connectivity index (χ1n) is 8.41. The number of hydrogen-bond donors (Lipinski definition) is 1. The molecule has 1 aliphatic heterocycles. The van der Waals surface area contributed by atoms with Gasteiger partial charge in [0.2, 0.25) is 5.91 Å². The van der Waals surface area contributed by atoms with Crippen molar-refractivity contribution < 1.29 is 22.7 Å². The van der Waals surface area contributed by atoms with Crippen LogP contribution in [0.25, 0.3) is 0 Å². The largest absolute Gasteiger partial charge is 0.416 e. The molecule has 0 spiro atoms. The van der Waals surface area contributed by atoms with Crippen molar-refractivity contribution in [1.29, 1.82) is 5.26 Å². The Labute approximate surface area is 160 Å². The first-order chi connectivity index (χ1) is 13.3. The van der Waals surface area contributed by atoms with E-state index in [9.17, 15) is 18.0 Å². The second-order valence-corrected chi connectivity index (χ2v) is 6.01. The quantitative estimate of drug-likeness (QED) is 0.810. The number of aromatic amines is 1. The smallest absolute Gasteiger partial charge is 0.372 e. The third-order valence-electron chi connectivity index (χ3n) is 4.00. The Kier molecular flexibility index (Phi) is 7.35. The molecule has 2 heterocycles. The molecule has 2 aromatic rings. The van der Waals surface area contributed by atoms with Gasteiger partial charge in [-0.15, -0.1) is 0 Å². The van der Waals surface area contributed by atoms with Gasteiger partial charge in [-0.1, -0.05) is 18.7 Å². The van der Waals surface area contributed by atoms with Gasteiger partial charge in [-0.25, -0.2) is 0 Å². The summed E-state index contributed by atoms with van der Waals surface area (Å²) in [6.45, 7) is 4.55. The molecule has 1 N–H and O–H groups in total. The molecule has 148 valence electrons. The summed E-state index contributed by atoms with van der Waals surface area (Å²) in [4.78, 5) is 13.0. The summed E-state index contributed by atoms with van der Waals surface area (Å²) in [7, 11) is 0. The molecule has 0 saturated carbocycles. The molecular weight excluding hydrogens is 373 g/mol. The van der Waals surface area contributed by atoms with E-state index in [0.29, 0.717) is 30.6 Å². The summed E-state index contributed by atoms with van der Waals surface area (Å²) in [5.74, 6) is -0.153. The van der Waals surface area contributed by atoms with Crippen LogP contribution in [0.1, 0.15) is 23.1 Å². The lowest BCUT2D eigenvalue weighted by molar-refractivity contribution is -0.137. The van der Waals surface area contributed by atoms with Gasteiger partial charge in [-0.2, -0.15) is 23.5 Å². The van der Waals surface area contributed by atoms with E-state index < -0.39 is 11.7 Å². The number of benzene rings is 1. The highest BCUT2D eigenvalue weighted by atomic mass is 19.4. The number of rotatable bonds is 4. The van der Waals surface area contributed by atoms with Gasteiger partial charge in [-0.3, -0.25) is 9.89 Å². The van der Waals surface area contributed by atoms with Gasteiger partial charge in [0, 0.05) is 19.3 Å². The van der Waals surface area contributed by atoms with E-state index in [0.717, 1.165) is 12.1 Å². The fourth-order valence-electron chi connectivity index (χ4n) is 2.56. The second-order valence-electron chi connectivity index (χ2n) is 6.01. The average molecular weight is 392 g/mol. The Morgan fingerprint density at radius 1 is 1.50 bits per heavy atom. The Morgan fingerprint density at radius 3 is 2.86 bits per heavy atom. The van der Waals surface area contributed by atoms with Crippen molar-refractivity contribution >= 4 is 5.91 Å².